The number of aromatic nitrogens is 2. The first-order chi connectivity index (χ1) is 14.6. The Labute approximate surface area is 184 Å². The zero-order chi connectivity index (χ0) is 20.7. The van der Waals surface area contributed by atoms with Crippen molar-refractivity contribution in [1.29, 1.82) is 0 Å². The number of thioether (sulfide) groups is 1. The van der Waals surface area contributed by atoms with Crippen molar-refractivity contribution in [1.82, 2.24) is 20.0 Å². The SMILES string of the molecule is CN1CCN(c2ccc(-n3ncc4ccc(/C=C5\SC(=S)NC5=O)cc43)cc2)CC1. The quantitative estimate of drug-likeness (QED) is 0.503. The number of hydrogen-bond acceptors (Lipinski definition) is 6. The summed E-state index contributed by atoms with van der Waals surface area (Å²) in [6.45, 7) is 4.27. The van der Waals surface area contributed by atoms with E-state index in [2.05, 4.69) is 57.6 Å². The van der Waals surface area contributed by atoms with Gasteiger partial charge in [0.15, 0.2) is 0 Å². The van der Waals surface area contributed by atoms with Crippen LogP contribution >= 0.6 is 24.0 Å². The molecular weight excluding hydrogens is 414 g/mol. The Bertz CT molecular complexity index is 1160. The summed E-state index contributed by atoms with van der Waals surface area (Å²) in [4.78, 5) is 17.3. The van der Waals surface area contributed by atoms with E-state index in [1.54, 1.807) is 0 Å². The number of benzene rings is 2. The molecule has 152 valence electrons. The summed E-state index contributed by atoms with van der Waals surface area (Å²) >= 11 is 6.36. The van der Waals surface area contributed by atoms with Crippen molar-refractivity contribution >= 4 is 56.9 Å². The number of rotatable bonds is 3. The van der Waals surface area contributed by atoms with Crippen LogP contribution in [-0.4, -0.2) is 58.1 Å². The van der Waals surface area contributed by atoms with Crippen LogP contribution in [0.1, 0.15) is 5.56 Å². The Morgan fingerprint density at radius 3 is 2.50 bits per heavy atom. The molecule has 1 amide bonds. The Morgan fingerprint density at radius 1 is 1.07 bits per heavy atom. The summed E-state index contributed by atoms with van der Waals surface area (Å²) in [6.07, 6.45) is 3.74. The molecule has 6 nitrogen and oxygen atoms in total. The van der Waals surface area contributed by atoms with E-state index in [1.165, 1.54) is 17.4 Å². The smallest absolute Gasteiger partial charge is 0.263 e. The highest BCUT2D eigenvalue weighted by Crippen LogP contribution is 2.28. The van der Waals surface area contributed by atoms with Gasteiger partial charge in [-0.1, -0.05) is 36.1 Å². The van der Waals surface area contributed by atoms with Gasteiger partial charge >= 0.3 is 0 Å². The minimum atomic E-state index is -0.141. The highest BCUT2D eigenvalue weighted by atomic mass is 32.2. The van der Waals surface area contributed by atoms with Crippen LogP contribution in [0.3, 0.4) is 0 Å². The van der Waals surface area contributed by atoms with Crippen molar-refractivity contribution in [2.24, 2.45) is 0 Å². The lowest BCUT2D eigenvalue weighted by Crippen LogP contribution is -2.44. The van der Waals surface area contributed by atoms with Gasteiger partial charge < -0.3 is 15.1 Å². The van der Waals surface area contributed by atoms with E-state index in [0.717, 1.165) is 48.3 Å². The fourth-order valence-corrected chi connectivity index (χ4v) is 4.82. The number of carbonyl (C=O) groups is 1. The van der Waals surface area contributed by atoms with Crippen LogP contribution in [0.4, 0.5) is 5.69 Å². The van der Waals surface area contributed by atoms with Crippen LogP contribution in [0.2, 0.25) is 0 Å². The van der Waals surface area contributed by atoms with E-state index in [9.17, 15) is 4.79 Å². The Morgan fingerprint density at radius 2 is 1.80 bits per heavy atom. The van der Waals surface area contributed by atoms with Crippen molar-refractivity contribution in [2.45, 2.75) is 0 Å². The molecule has 0 unspecified atom stereocenters. The van der Waals surface area contributed by atoms with Crippen molar-refractivity contribution < 1.29 is 4.79 Å². The van der Waals surface area contributed by atoms with Gasteiger partial charge in [0.1, 0.15) is 4.32 Å². The van der Waals surface area contributed by atoms with Gasteiger partial charge in [0.05, 0.1) is 22.3 Å². The normalized spacial score (nSPS) is 19.1. The maximum atomic E-state index is 12.0. The van der Waals surface area contributed by atoms with Crippen LogP contribution in [-0.2, 0) is 4.79 Å². The molecule has 0 bridgehead atoms. The molecule has 3 heterocycles. The number of hydrogen-bond donors (Lipinski definition) is 1. The average Bonchev–Trinajstić information content (AvgIpc) is 3.31. The van der Waals surface area contributed by atoms with Gasteiger partial charge in [-0.25, -0.2) is 4.68 Å². The largest absolute Gasteiger partial charge is 0.369 e. The molecular formula is C22H21N5OS2. The number of nitrogens with zero attached hydrogens (tertiary/aromatic N) is 4. The number of carbonyl (C=O) groups excluding carboxylic acids is 1. The number of amides is 1. The molecule has 8 heteroatoms. The summed E-state index contributed by atoms with van der Waals surface area (Å²) < 4.78 is 2.44. The fraction of sp³-hybridized carbons (Fsp3) is 0.227. The number of thiocarbonyl (C=S) groups is 1. The molecule has 0 atom stereocenters. The topological polar surface area (TPSA) is 53.4 Å². The molecule has 1 N–H and O–H groups in total. The van der Waals surface area contributed by atoms with E-state index >= 15 is 0 Å². The van der Waals surface area contributed by atoms with E-state index in [-0.39, 0.29) is 5.91 Å². The number of fused-ring (bicyclic) bond motifs is 1. The Hall–Kier alpha value is -2.68. The molecule has 2 aliphatic heterocycles. The van der Waals surface area contributed by atoms with Crippen LogP contribution in [0.15, 0.2) is 53.6 Å². The number of piperazine rings is 1. The molecule has 1 aromatic heterocycles. The van der Waals surface area contributed by atoms with Crippen LogP contribution < -0.4 is 10.2 Å². The minimum Gasteiger partial charge on any atom is -0.369 e. The maximum Gasteiger partial charge on any atom is 0.263 e. The molecule has 0 spiro atoms. The van der Waals surface area contributed by atoms with Crippen LogP contribution in [0.5, 0.6) is 0 Å². The first-order valence-electron chi connectivity index (χ1n) is 9.83. The molecule has 5 rings (SSSR count). The predicted molar refractivity (Wildman–Crippen MR) is 127 cm³/mol. The van der Waals surface area contributed by atoms with E-state index in [0.29, 0.717) is 9.23 Å². The zero-order valence-electron chi connectivity index (χ0n) is 16.5. The lowest BCUT2D eigenvalue weighted by atomic mass is 10.1. The summed E-state index contributed by atoms with van der Waals surface area (Å²) in [7, 11) is 2.17. The monoisotopic (exact) mass is 435 g/mol. The zero-order valence-corrected chi connectivity index (χ0v) is 18.2. The number of anilines is 1. The Balaban J connectivity index is 1.44. The van der Waals surface area contributed by atoms with Crippen molar-refractivity contribution in [3.05, 3.63) is 59.1 Å². The van der Waals surface area contributed by atoms with Crippen LogP contribution in [0.25, 0.3) is 22.7 Å². The second-order valence-electron chi connectivity index (χ2n) is 7.53. The molecule has 2 fully saturated rings. The van der Waals surface area contributed by atoms with Gasteiger partial charge in [-0.3, -0.25) is 4.79 Å². The fourth-order valence-electron chi connectivity index (χ4n) is 3.77. The third-order valence-electron chi connectivity index (χ3n) is 5.50. The predicted octanol–water partition coefficient (Wildman–Crippen LogP) is 3.27. The first kappa shape index (κ1) is 19.3. The van der Waals surface area contributed by atoms with Crippen molar-refractivity contribution in [3.63, 3.8) is 0 Å². The van der Waals surface area contributed by atoms with E-state index in [1.807, 2.05) is 29.1 Å². The maximum absolute atomic E-state index is 12.0. The second kappa shape index (κ2) is 7.86. The molecule has 0 radical (unpaired) electrons. The van der Waals surface area contributed by atoms with Gasteiger partial charge in [-0.05, 0) is 49.0 Å². The lowest BCUT2D eigenvalue weighted by Gasteiger charge is -2.34. The molecule has 30 heavy (non-hydrogen) atoms. The molecule has 3 aromatic rings. The van der Waals surface area contributed by atoms with Gasteiger partial charge in [0.2, 0.25) is 0 Å². The minimum absolute atomic E-state index is 0.141. The van der Waals surface area contributed by atoms with Crippen LogP contribution in [0, 0.1) is 0 Å². The number of nitrogens with one attached hydrogen (secondary N) is 1. The molecule has 2 saturated heterocycles. The molecule has 2 aromatic carbocycles. The average molecular weight is 436 g/mol. The van der Waals surface area contributed by atoms with E-state index in [4.69, 9.17) is 12.2 Å². The standard InChI is InChI=1S/C22H21N5OS2/c1-25-8-10-26(11-9-25)17-4-6-18(7-5-17)27-19-12-15(2-3-16(19)14-23-27)13-20-21(28)24-22(29)30-20/h2-7,12-14H,8-11H2,1H3,(H,24,28,29)/b20-13-. The van der Waals surface area contributed by atoms with Crippen molar-refractivity contribution in [3.8, 4) is 5.69 Å². The Kier molecular flexibility index (Phi) is 5.06. The van der Waals surface area contributed by atoms with Gasteiger partial charge in [0, 0.05) is 37.3 Å². The summed E-state index contributed by atoms with van der Waals surface area (Å²) in [5.74, 6) is -0.141. The first-order valence-corrected chi connectivity index (χ1v) is 11.1. The molecule has 0 aliphatic carbocycles. The summed E-state index contributed by atoms with van der Waals surface area (Å²) in [5.41, 5.74) is 4.21. The molecule has 0 saturated carbocycles. The van der Waals surface area contributed by atoms with Gasteiger partial charge in [0.25, 0.3) is 5.91 Å². The lowest BCUT2D eigenvalue weighted by molar-refractivity contribution is -0.115. The van der Waals surface area contributed by atoms with Gasteiger partial charge in [-0.15, -0.1) is 0 Å². The van der Waals surface area contributed by atoms with E-state index < -0.39 is 0 Å². The van der Waals surface area contributed by atoms with Crippen molar-refractivity contribution in [2.75, 3.05) is 38.1 Å². The highest BCUT2D eigenvalue weighted by molar-refractivity contribution is 8.26. The molecule has 2 aliphatic rings. The highest BCUT2D eigenvalue weighted by Gasteiger charge is 2.22. The summed E-state index contributed by atoms with van der Waals surface area (Å²) in [5, 5.41) is 8.30. The second-order valence-corrected chi connectivity index (χ2v) is 9.25. The third kappa shape index (κ3) is 3.74. The number of likely N-dealkylation sites (N-methyl/N-ethyl adjacent to an activating group) is 1. The third-order valence-corrected chi connectivity index (χ3v) is 6.66. The summed E-state index contributed by atoms with van der Waals surface area (Å²) in [6, 6.07) is 14.6. The van der Waals surface area contributed by atoms with Gasteiger partial charge in [-0.2, -0.15) is 5.10 Å².